The van der Waals surface area contributed by atoms with Crippen LogP contribution in [0.3, 0.4) is 0 Å². The predicted molar refractivity (Wildman–Crippen MR) is 105 cm³/mol. The summed E-state index contributed by atoms with van der Waals surface area (Å²) in [6.45, 7) is 6.80. The van der Waals surface area contributed by atoms with Crippen LogP contribution in [0.4, 0.5) is 4.39 Å². The molecule has 8 nitrogen and oxygen atoms in total. The molecule has 1 atom stereocenters. The fourth-order valence-electron chi connectivity index (χ4n) is 3.21. The fraction of sp³-hybridized carbons (Fsp3) is 0.526. The third-order valence-corrected chi connectivity index (χ3v) is 4.71. The topological polar surface area (TPSA) is 79.6 Å². The van der Waals surface area contributed by atoms with Crippen molar-refractivity contribution in [3.05, 3.63) is 47.8 Å². The predicted octanol–water partition coefficient (Wildman–Crippen LogP) is 1.08. The van der Waals surface area contributed by atoms with E-state index in [-0.39, 0.29) is 11.9 Å². The minimum atomic E-state index is -0.224. The zero-order valence-corrected chi connectivity index (χ0v) is 16.4. The highest BCUT2D eigenvalue weighted by Gasteiger charge is 2.23. The van der Waals surface area contributed by atoms with Gasteiger partial charge in [-0.15, -0.1) is 0 Å². The van der Waals surface area contributed by atoms with E-state index in [0.717, 1.165) is 31.0 Å². The van der Waals surface area contributed by atoms with E-state index >= 15 is 0 Å². The molecule has 0 bridgehead atoms. The lowest BCUT2D eigenvalue weighted by Gasteiger charge is -2.35. The van der Waals surface area contributed by atoms with Gasteiger partial charge < -0.3 is 15.4 Å². The molecule has 2 heterocycles. The fourth-order valence-corrected chi connectivity index (χ4v) is 3.21. The number of halogens is 1. The van der Waals surface area contributed by atoms with Gasteiger partial charge in [-0.1, -0.05) is 12.1 Å². The maximum absolute atomic E-state index is 13.8. The summed E-state index contributed by atoms with van der Waals surface area (Å²) in [4.78, 5) is 11.1. The number of ether oxygens (including phenoxy) is 1. The van der Waals surface area contributed by atoms with Gasteiger partial charge in [-0.2, -0.15) is 5.10 Å². The first kappa shape index (κ1) is 20.2. The smallest absolute Gasteiger partial charge is 0.191 e. The van der Waals surface area contributed by atoms with Gasteiger partial charge >= 0.3 is 0 Å². The second-order valence-electron chi connectivity index (χ2n) is 6.60. The van der Waals surface area contributed by atoms with Gasteiger partial charge in [-0.3, -0.25) is 9.58 Å². The molecule has 1 aromatic heterocycles. The number of guanidine groups is 1. The van der Waals surface area contributed by atoms with Crippen LogP contribution in [-0.4, -0.2) is 65.0 Å². The SMILES string of the molecule is CCNC(=NCc1ncnn1C)NCC(c1cccc(F)c1)N1CCOCC1. The van der Waals surface area contributed by atoms with Crippen LogP contribution in [0.1, 0.15) is 24.4 Å². The molecule has 3 rings (SSSR count). The summed E-state index contributed by atoms with van der Waals surface area (Å²) < 4.78 is 21.0. The van der Waals surface area contributed by atoms with Gasteiger partial charge in [0.05, 0.1) is 19.3 Å². The van der Waals surface area contributed by atoms with Crippen molar-refractivity contribution in [1.82, 2.24) is 30.3 Å². The number of aryl methyl sites for hydroxylation is 1. The molecule has 9 heteroatoms. The summed E-state index contributed by atoms with van der Waals surface area (Å²) >= 11 is 0. The normalized spacial score (nSPS) is 16.8. The molecule has 2 aromatic rings. The van der Waals surface area contributed by atoms with E-state index in [4.69, 9.17) is 4.74 Å². The lowest BCUT2D eigenvalue weighted by Crippen LogP contribution is -2.46. The van der Waals surface area contributed by atoms with Crippen LogP contribution in [0.15, 0.2) is 35.6 Å². The minimum Gasteiger partial charge on any atom is -0.379 e. The van der Waals surface area contributed by atoms with E-state index < -0.39 is 0 Å². The average Bonchev–Trinajstić information content (AvgIpc) is 3.12. The van der Waals surface area contributed by atoms with Crippen molar-refractivity contribution < 1.29 is 9.13 Å². The molecule has 152 valence electrons. The molecular formula is C19H28FN7O. The van der Waals surface area contributed by atoms with Crippen molar-refractivity contribution in [2.75, 3.05) is 39.4 Å². The van der Waals surface area contributed by atoms with Crippen molar-refractivity contribution in [3.8, 4) is 0 Å². The Bertz CT molecular complexity index is 773. The molecule has 1 aromatic carbocycles. The van der Waals surface area contributed by atoms with E-state index in [1.54, 1.807) is 16.8 Å². The first-order valence-electron chi connectivity index (χ1n) is 9.59. The molecule has 1 aliphatic heterocycles. The standard InChI is InChI=1S/C19H28FN7O/c1-3-21-19(23-13-18-24-14-25-26(18)2)22-12-17(27-7-9-28-10-8-27)15-5-4-6-16(20)11-15/h4-6,11,14,17H,3,7-10,12-13H2,1-2H3,(H2,21,22,23). The Hall–Kier alpha value is -2.52. The first-order chi connectivity index (χ1) is 13.7. The van der Waals surface area contributed by atoms with Gasteiger partial charge in [0.2, 0.25) is 0 Å². The molecule has 1 aliphatic rings. The number of aromatic nitrogens is 3. The number of nitrogens with zero attached hydrogens (tertiary/aromatic N) is 5. The van der Waals surface area contributed by atoms with Crippen LogP contribution in [0, 0.1) is 5.82 Å². The molecule has 0 radical (unpaired) electrons. The van der Waals surface area contributed by atoms with Crippen LogP contribution in [0.5, 0.6) is 0 Å². The maximum Gasteiger partial charge on any atom is 0.191 e. The largest absolute Gasteiger partial charge is 0.379 e. The van der Waals surface area contributed by atoms with Gasteiger partial charge in [-0.25, -0.2) is 14.4 Å². The molecule has 0 saturated carbocycles. The Balaban J connectivity index is 1.71. The number of hydrogen-bond donors (Lipinski definition) is 2. The molecule has 28 heavy (non-hydrogen) atoms. The Morgan fingerprint density at radius 1 is 1.32 bits per heavy atom. The molecule has 0 aliphatic carbocycles. The van der Waals surface area contributed by atoms with Crippen LogP contribution >= 0.6 is 0 Å². The molecule has 0 spiro atoms. The van der Waals surface area contributed by atoms with Gasteiger partial charge in [0.1, 0.15) is 24.5 Å². The van der Waals surface area contributed by atoms with Crippen LogP contribution in [0.25, 0.3) is 0 Å². The van der Waals surface area contributed by atoms with Crippen LogP contribution in [-0.2, 0) is 18.3 Å². The van der Waals surface area contributed by atoms with E-state index in [2.05, 4.69) is 30.6 Å². The summed E-state index contributed by atoms with van der Waals surface area (Å²) in [6, 6.07) is 6.82. The highest BCUT2D eigenvalue weighted by molar-refractivity contribution is 5.79. The van der Waals surface area contributed by atoms with E-state index in [1.165, 1.54) is 12.4 Å². The quantitative estimate of drug-likeness (QED) is 0.545. The van der Waals surface area contributed by atoms with Crippen LogP contribution < -0.4 is 10.6 Å². The summed E-state index contributed by atoms with van der Waals surface area (Å²) in [5, 5.41) is 10.7. The molecule has 1 saturated heterocycles. The monoisotopic (exact) mass is 389 g/mol. The number of benzene rings is 1. The van der Waals surface area contributed by atoms with Gasteiger partial charge in [0.15, 0.2) is 5.96 Å². The Kier molecular flexibility index (Phi) is 7.32. The molecule has 1 fully saturated rings. The minimum absolute atomic E-state index is 0.0262. The molecular weight excluding hydrogens is 361 g/mol. The molecule has 2 N–H and O–H groups in total. The zero-order valence-electron chi connectivity index (χ0n) is 16.4. The third-order valence-electron chi connectivity index (χ3n) is 4.71. The molecule has 1 unspecified atom stereocenters. The van der Waals surface area contributed by atoms with E-state index in [9.17, 15) is 4.39 Å². The number of morpholine rings is 1. The number of hydrogen-bond acceptors (Lipinski definition) is 5. The van der Waals surface area contributed by atoms with Crippen molar-refractivity contribution in [2.45, 2.75) is 19.5 Å². The highest BCUT2D eigenvalue weighted by Crippen LogP contribution is 2.22. The van der Waals surface area contributed by atoms with Crippen molar-refractivity contribution in [2.24, 2.45) is 12.0 Å². The summed E-state index contributed by atoms with van der Waals surface area (Å²) in [5.41, 5.74) is 0.943. The average molecular weight is 389 g/mol. The lowest BCUT2D eigenvalue weighted by atomic mass is 10.0. The number of rotatable bonds is 7. The first-order valence-corrected chi connectivity index (χ1v) is 9.59. The Morgan fingerprint density at radius 2 is 2.14 bits per heavy atom. The van der Waals surface area contributed by atoms with Crippen LogP contribution in [0.2, 0.25) is 0 Å². The Morgan fingerprint density at radius 3 is 2.82 bits per heavy atom. The summed E-state index contributed by atoms with van der Waals surface area (Å²) in [7, 11) is 1.84. The Labute approximate surface area is 164 Å². The van der Waals surface area contributed by atoms with E-state index in [0.29, 0.717) is 32.3 Å². The van der Waals surface area contributed by atoms with Gasteiger partial charge in [-0.05, 0) is 24.6 Å². The van der Waals surface area contributed by atoms with E-state index in [1.807, 2.05) is 20.0 Å². The zero-order chi connectivity index (χ0) is 19.8. The third kappa shape index (κ3) is 5.49. The second kappa shape index (κ2) is 10.1. The van der Waals surface area contributed by atoms with Crippen molar-refractivity contribution in [3.63, 3.8) is 0 Å². The maximum atomic E-state index is 13.8. The summed E-state index contributed by atoms with van der Waals surface area (Å²) in [6.07, 6.45) is 1.52. The number of aliphatic imine (C=N–C) groups is 1. The van der Waals surface area contributed by atoms with Crippen molar-refractivity contribution >= 4 is 5.96 Å². The highest BCUT2D eigenvalue weighted by atomic mass is 19.1. The lowest BCUT2D eigenvalue weighted by molar-refractivity contribution is 0.0169. The van der Waals surface area contributed by atoms with Crippen molar-refractivity contribution in [1.29, 1.82) is 0 Å². The second-order valence-corrected chi connectivity index (χ2v) is 6.60. The molecule has 0 amide bonds. The number of nitrogens with one attached hydrogen (secondary N) is 2. The van der Waals surface area contributed by atoms with Gasteiger partial charge in [0, 0.05) is 33.2 Å². The summed E-state index contributed by atoms with van der Waals surface area (Å²) in [5.74, 6) is 1.26. The van der Waals surface area contributed by atoms with Gasteiger partial charge in [0.25, 0.3) is 0 Å².